The minimum absolute atomic E-state index is 0.109. The molecule has 4 aromatic heterocycles. The van der Waals surface area contributed by atoms with Crippen LogP contribution in [0.5, 0.6) is 0 Å². The van der Waals surface area contributed by atoms with Gasteiger partial charge in [-0.15, -0.1) is 0 Å². The average Bonchev–Trinajstić information content (AvgIpc) is 1.59. The number of anilines is 6. The van der Waals surface area contributed by atoms with Gasteiger partial charge in [0.15, 0.2) is 0 Å². The highest BCUT2D eigenvalue weighted by Crippen LogP contribution is 2.50. The average molecular weight is 791 g/mol. The molecule has 0 aliphatic rings. The van der Waals surface area contributed by atoms with Crippen molar-refractivity contribution in [1.29, 1.82) is 0 Å². The highest BCUT2D eigenvalue weighted by molar-refractivity contribution is 6.31. The van der Waals surface area contributed by atoms with E-state index in [-0.39, 0.29) is 98.9 Å². The van der Waals surface area contributed by atoms with Gasteiger partial charge in [0.1, 0.15) is 0 Å². The summed E-state index contributed by atoms with van der Waals surface area (Å²) in [6.45, 7) is 3.55. The molecule has 0 atom stereocenters. The molecule has 282 valence electrons. The maximum Gasteiger partial charge on any atom is 0.0653 e. The fraction of sp³-hybridized carbons (Fsp3) is 0.0357. The molecule has 13 aromatic rings. The van der Waals surface area contributed by atoms with Crippen LogP contribution in [0.15, 0.2) is 194 Å². The molecular weight excluding hydrogens is 729 g/mol. The van der Waals surface area contributed by atoms with Crippen LogP contribution < -0.4 is 9.80 Å². The first kappa shape index (κ1) is 17.6. The zero-order chi connectivity index (χ0) is 60.5. The zero-order valence-corrected chi connectivity index (χ0v) is 31.4. The lowest BCUT2D eigenvalue weighted by molar-refractivity contribution is 1.29. The van der Waals surface area contributed by atoms with Gasteiger partial charge in [-0.1, -0.05) is 120 Å². The molecule has 4 heteroatoms. The predicted octanol–water partition coefficient (Wildman–Crippen LogP) is 15.5. The Balaban J connectivity index is 1.27. The van der Waals surface area contributed by atoms with Gasteiger partial charge in [0.25, 0.3) is 0 Å². The molecule has 60 heavy (non-hydrogen) atoms. The van der Waals surface area contributed by atoms with Crippen LogP contribution in [0.2, 0.25) is 0 Å². The van der Waals surface area contributed by atoms with Gasteiger partial charge in [-0.05, 0) is 98.5 Å². The normalized spacial score (nSPS) is 17.8. The Kier molecular flexibility index (Phi) is 3.62. The van der Waals surface area contributed by atoms with E-state index in [1.54, 1.807) is 62.4 Å². The third kappa shape index (κ3) is 4.50. The standard InChI is InChI=1S/C56H38N4/c1-35-25-29-39(30-26-35)57(37-13-5-3-6-14-37)47-21-11-23-49-53(47)43-19-9-17-41-45-34-52-46(33-51(45)59(49)55(41)43)42-18-10-20-44-54-48(22-12-24-50(54)60(52)56(42)44)58(38-15-7-4-8-16-38)40-31-27-36(2)28-32-40/h3-34H,1-2H3/i3D,4D,5D,6D,7D,8D,9D,10D,11D,12D,13D,14D,15D,16D,17D,18D,19D,20D,21D,22D,23D,24D,33D,34D. The third-order valence-electron chi connectivity index (χ3n) is 11.1. The number of fused-ring (bicyclic) bond motifs is 12. The molecule has 0 saturated heterocycles. The van der Waals surface area contributed by atoms with Crippen molar-refractivity contribution < 1.29 is 32.9 Å². The second-order valence-corrected chi connectivity index (χ2v) is 14.5. The number of aryl methyl sites for hydroxylation is 2. The molecule has 0 amide bonds. The van der Waals surface area contributed by atoms with Gasteiger partial charge < -0.3 is 18.6 Å². The lowest BCUT2D eigenvalue weighted by Crippen LogP contribution is -2.10. The largest absolute Gasteiger partial charge is 0.310 e. The van der Waals surface area contributed by atoms with Gasteiger partial charge in [-0.3, -0.25) is 0 Å². The summed E-state index contributed by atoms with van der Waals surface area (Å²) in [5.41, 5.74) is -1.53. The van der Waals surface area contributed by atoms with Crippen LogP contribution in [-0.4, -0.2) is 8.80 Å². The molecule has 9 aromatic carbocycles. The first-order chi connectivity index (χ1) is 39.6. The van der Waals surface area contributed by atoms with Crippen molar-refractivity contribution in [3.05, 3.63) is 205 Å². The summed E-state index contributed by atoms with van der Waals surface area (Å²) in [6.07, 6.45) is 0. The van der Waals surface area contributed by atoms with Crippen molar-refractivity contribution >= 4 is 110 Å². The van der Waals surface area contributed by atoms with Crippen molar-refractivity contribution in [2.75, 3.05) is 9.80 Å². The summed E-state index contributed by atoms with van der Waals surface area (Å²) in [5.74, 6) is 0. The first-order valence-electron chi connectivity index (χ1n) is 30.8. The SMILES string of the molecule is [2H]c1c([2H])c([2H])c(N(c2ccc(C)cc2)c2c([2H])c([2H])c([2H])c3c2c2c([2H])c([2H])c([2H])c4c5c([2H])c6c(c([2H])c5n3c24)c2c([2H])c([2H])c([2H])c3c4c(N(c5ccc(C)cc5)c5c([2H])c([2H])c([2H])c([2H])c5[2H])c([2H])c([2H])c([2H])c4n6c32)c([2H])c1[2H]. The molecule has 0 aliphatic carbocycles. The second-order valence-electron chi connectivity index (χ2n) is 14.5. The molecule has 4 heterocycles. The Morgan fingerprint density at radius 1 is 0.350 bits per heavy atom. The summed E-state index contributed by atoms with van der Waals surface area (Å²) in [5, 5.41) is -1.98. The Morgan fingerprint density at radius 2 is 0.733 bits per heavy atom. The van der Waals surface area contributed by atoms with Crippen LogP contribution in [0.3, 0.4) is 0 Å². The van der Waals surface area contributed by atoms with E-state index >= 15 is 0 Å². The van der Waals surface area contributed by atoms with E-state index in [9.17, 15) is 24.7 Å². The minimum atomic E-state index is -0.775. The van der Waals surface area contributed by atoms with E-state index in [4.69, 9.17) is 8.22 Å². The van der Waals surface area contributed by atoms with Gasteiger partial charge in [0, 0.05) is 65.8 Å². The number of hydrogen-bond donors (Lipinski definition) is 0. The predicted molar refractivity (Wildman–Crippen MR) is 255 cm³/mol. The summed E-state index contributed by atoms with van der Waals surface area (Å²) < 4.78 is 226. The van der Waals surface area contributed by atoms with E-state index in [0.29, 0.717) is 0 Å². The summed E-state index contributed by atoms with van der Waals surface area (Å²) in [4.78, 5) is 2.30. The highest BCUT2D eigenvalue weighted by atomic mass is 15.2. The monoisotopic (exact) mass is 790 g/mol. The van der Waals surface area contributed by atoms with Crippen LogP contribution in [0.4, 0.5) is 34.1 Å². The molecule has 0 radical (unpaired) electrons. The van der Waals surface area contributed by atoms with Crippen LogP contribution >= 0.6 is 0 Å². The van der Waals surface area contributed by atoms with Gasteiger partial charge in [-0.25, -0.2) is 0 Å². The summed E-state index contributed by atoms with van der Waals surface area (Å²) in [7, 11) is 0. The van der Waals surface area contributed by atoms with Gasteiger partial charge >= 0.3 is 0 Å². The Morgan fingerprint density at radius 3 is 1.15 bits per heavy atom. The number of rotatable bonds is 6. The molecule has 0 N–H and O–H groups in total. The van der Waals surface area contributed by atoms with Crippen molar-refractivity contribution in [1.82, 2.24) is 8.80 Å². The summed E-state index contributed by atoms with van der Waals surface area (Å²) >= 11 is 0. The van der Waals surface area contributed by atoms with Crippen LogP contribution in [-0.2, 0) is 0 Å². The Bertz CT molecular complexity index is 4830. The molecule has 4 nitrogen and oxygen atoms in total. The highest BCUT2D eigenvalue weighted by Gasteiger charge is 2.26. The molecule has 0 aliphatic heterocycles. The Labute approximate surface area is 380 Å². The topological polar surface area (TPSA) is 15.3 Å². The maximum absolute atomic E-state index is 10.4. The van der Waals surface area contributed by atoms with Gasteiger partial charge in [0.05, 0.1) is 77.4 Å². The molecule has 0 fully saturated rings. The number of benzene rings is 9. The molecule has 13 rings (SSSR count). The smallest absolute Gasteiger partial charge is 0.0653 e. The second kappa shape index (κ2) is 12.3. The molecule has 0 saturated carbocycles. The number of para-hydroxylation sites is 4. The maximum atomic E-state index is 10.4. The van der Waals surface area contributed by atoms with Crippen molar-refractivity contribution in [2.24, 2.45) is 0 Å². The van der Waals surface area contributed by atoms with E-state index < -0.39 is 156 Å². The lowest BCUT2D eigenvalue weighted by atomic mass is 10.0. The number of nitrogens with zero attached hydrogens (tertiary/aromatic N) is 4. The fourth-order valence-corrected chi connectivity index (χ4v) is 8.57. The van der Waals surface area contributed by atoms with E-state index in [0.717, 1.165) is 20.9 Å². The Hall–Kier alpha value is -7.82. The van der Waals surface area contributed by atoms with E-state index in [1.807, 2.05) is 0 Å². The fourth-order valence-electron chi connectivity index (χ4n) is 8.57. The molecule has 0 bridgehead atoms. The third-order valence-corrected chi connectivity index (χ3v) is 11.1. The van der Waals surface area contributed by atoms with Crippen LogP contribution in [0.1, 0.15) is 44.0 Å². The molecular formula is C56H38N4. The van der Waals surface area contributed by atoms with Gasteiger partial charge in [-0.2, -0.15) is 0 Å². The zero-order valence-electron chi connectivity index (χ0n) is 55.4. The van der Waals surface area contributed by atoms with Crippen LogP contribution in [0, 0.1) is 13.8 Å². The molecule has 0 spiro atoms. The quantitative estimate of drug-likeness (QED) is 0.167. The minimum Gasteiger partial charge on any atom is -0.310 e. The first-order valence-corrected chi connectivity index (χ1v) is 18.8. The summed E-state index contributed by atoms with van der Waals surface area (Å²) in [6, 6.07) is -4.17. The van der Waals surface area contributed by atoms with Gasteiger partial charge in [0.2, 0.25) is 0 Å². The molecule has 0 unspecified atom stereocenters. The van der Waals surface area contributed by atoms with Crippen LogP contribution in [0.25, 0.3) is 76.2 Å². The van der Waals surface area contributed by atoms with E-state index in [2.05, 4.69) is 0 Å². The van der Waals surface area contributed by atoms with E-state index in [1.165, 1.54) is 8.80 Å². The van der Waals surface area contributed by atoms with Crippen molar-refractivity contribution in [3.63, 3.8) is 0 Å². The van der Waals surface area contributed by atoms with Crippen molar-refractivity contribution in [2.45, 2.75) is 13.8 Å². The number of aromatic nitrogens is 2. The lowest BCUT2D eigenvalue weighted by Gasteiger charge is -2.26. The number of hydrogen-bond acceptors (Lipinski definition) is 2. The van der Waals surface area contributed by atoms with Crippen molar-refractivity contribution in [3.8, 4) is 0 Å².